The first kappa shape index (κ1) is 19.2. The van der Waals surface area contributed by atoms with Gasteiger partial charge in [-0.2, -0.15) is 0 Å². The molecule has 0 saturated heterocycles. The van der Waals surface area contributed by atoms with E-state index in [2.05, 4.69) is 53.7 Å². The molecule has 0 aliphatic carbocycles. The number of halogens is 1. The summed E-state index contributed by atoms with van der Waals surface area (Å²) < 4.78 is 5.09. The van der Waals surface area contributed by atoms with Crippen molar-refractivity contribution in [3.63, 3.8) is 0 Å². The van der Waals surface area contributed by atoms with Gasteiger partial charge in [0.15, 0.2) is 5.96 Å². The van der Waals surface area contributed by atoms with Gasteiger partial charge in [-0.15, -0.1) is 24.0 Å². The van der Waals surface area contributed by atoms with Crippen LogP contribution in [0.1, 0.15) is 31.4 Å². The van der Waals surface area contributed by atoms with Crippen LogP contribution in [0.4, 0.5) is 0 Å². The van der Waals surface area contributed by atoms with Crippen LogP contribution >= 0.6 is 24.0 Å². The number of nitrogens with one attached hydrogen (secondary N) is 2. The van der Waals surface area contributed by atoms with E-state index in [-0.39, 0.29) is 24.0 Å². The zero-order chi connectivity index (χ0) is 14.1. The minimum atomic E-state index is 0. The maximum Gasteiger partial charge on any atom is 0.191 e. The van der Waals surface area contributed by atoms with Gasteiger partial charge in [-0.3, -0.25) is 4.99 Å². The molecule has 1 aromatic carbocycles. The number of hydrogen-bond acceptors (Lipinski definition) is 2. The highest BCUT2D eigenvalue weighted by Crippen LogP contribution is 2.05. The van der Waals surface area contributed by atoms with E-state index in [9.17, 15) is 0 Å². The summed E-state index contributed by atoms with van der Waals surface area (Å²) in [6, 6.07) is 8.82. The lowest BCUT2D eigenvalue weighted by Gasteiger charge is -2.16. The topological polar surface area (TPSA) is 45.7 Å². The molecule has 0 aromatic heterocycles. The van der Waals surface area contributed by atoms with Crippen molar-refractivity contribution >= 4 is 29.9 Å². The Labute approximate surface area is 139 Å². The Morgan fingerprint density at radius 1 is 1.25 bits per heavy atom. The van der Waals surface area contributed by atoms with E-state index >= 15 is 0 Å². The third-order valence-corrected chi connectivity index (χ3v) is 3.01. The first-order chi connectivity index (χ1) is 9.19. The molecule has 0 amide bonds. The van der Waals surface area contributed by atoms with Crippen LogP contribution < -0.4 is 10.6 Å². The zero-order valence-corrected chi connectivity index (χ0v) is 15.1. The third-order valence-electron chi connectivity index (χ3n) is 3.01. The first-order valence-electron chi connectivity index (χ1n) is 6.73. The van der Waals surface area contributed by atoms with Crippen molar-refractivity contribution in [2.75, 3.05) is 14.2 Å². The Morgan fingerprint density at radius 2 is 1.85 bits per heavy atom. The van der Waals surface area contributed by atoms with Crippen LogP contribution in [0.25, 0.3) is 0 Å². The predicted molar refractivity (Wildman–Crippen MR) is 95.7 cm³/mol. The van der Waals surface area contributed by atoms with Crippen LogP contribution in [-0.4, -0.2) is 26.2 Å². The van der Waals surface area contributed by atoms with Crippen LogP contribution in [0.2, 0.25) is 0 Å². The highest BCUT2D eigenvalue weighted by atomic mass is 127. The molecule has 114 valence electrons. The summed E-state index contributed by atoms with van der Waals surface area (Å²) in [5.41, 5.74) is 2.42. The zero-order valence-electron chi connectivity index (χ0n) is 12.8. The highest BCUT2D eigenvalue weighted by molar-refractivity contribution is 14.0. The molecule has 0 aliphatic heterocycles. The largest absolute Gasteiger partial charge is 0.380 e. The van der Waals surface area contributed by atoms with Crippen molar-refractivity contribution in [3.8, 4) is 0 Å². The Morgan fingerprint density at radius 3 is 2.35 bits per heavy atom. The van der Waals surface area contributed by atoms with Gasteiger partial charge in [-0.25, -0.2) is 0 Å². The van der Waals surface area contributed by atoms with Crippen molar-refractivity contribution < 1.29 is 4.74 Å². The van der Waals surface area contributed by atoms with Crippen molar-refractivity contribution in [2.24, 2.45) is 4.99 Å². The van der Waals surface area contributed by atoms with Crippen LogP contribution in [0, 0.1) is 0 Å². The number of guanidine groups is 1. The maximum absolute atomic E-state index is 5.09. The normalized spacial score (nSPS) is 12.5. The Bertz CT molecular complexity index is 393. The monoisotopic (exact) mass is 391 g/mol. The average Bonchev–Trinajstić information content (AvgIpc) is 2.45. The van der Waals surface area contributed by atoms with Crippen LogP contribution in [0.5, 0.6) is 0 Å². The van der Waals surface area contributed by atoms with Gasteiger partial charge in [0.1, 0.15) is 0 Å². The molecule has 5 heteroatoms. The van der Waals surface area contributed by atoms with Crippen molar-refractivity contribution in [2.45, 2.75) is 39.5 Å². The molecule has 0 bridgehead atoms. The number of nitrogens with zero attached hydrogens (tertiary/aromatic N) is 1. The van der Waals surface area contributed by atoms with Crippen molar-refractivity contribution in [1.82, 2.24) is 10.6 Å². The SMILES string of the molecule is CCC(C)NC(=NC)NCc1ccc(COC)cc1.I. The molecule has 0 heterocycles. The molecule has 0 fully saturated rings. The van der Waals surface area contributed by atoms with Crippen molar-refractivity contribution in [3.05, 3.63) is 35.4 Å². The standard InChI is InChI=1S/C15H25N3O.HI/c1-5-12(2)18-15(16-3)17-10-13-6-8-14(9-7-13)11-19-4;/h6-9,12H,5,10-11H2,1-4H3,(H2,16,17,18);1H. The second-order valence-corrected chi connectivity index (χ2v) is 4.63. The fourth-order valence-corrected chi connectivity index (χ4v) is 1.64. The summed E-state index contributed by atoms with van der Waals surface area (Å²) in [5.74, 6) is 0.843. The number of methoxy groups -OCH3 is 1. The van der Waals surface area contributed by atoms with E-state index in [0.717, 1.165) is 18.9 Å². The van der Waals surface area contributed by atoms with E-state index in [1.165, 1.54) is 11.1 Å². The summed E-state index contributed by atoms with van der Waals surface area (Å²) in [5, 5.41) is 6.65. The van der Waals surface area contributed by atoms with Crippen LogP contribution in [0.3, 0.4) is 0 Å². The van der Waals surface area contributed by atoms with Gasteiger partial charge in [0.05, 0.1) is 6.61 Å². The highest BCUT2D eigenvalue weighted by Gasteiger charge is 2.02. The fraction of sp³-hybridized carbons (Fsp3) is 0.533. The molecule has 0 saturated carbocycles. The summed E-state index contributed by atoms with van der Waals surface area (Å²) in [6.07, 6.45) is 1.08. The van der Waals surface area contributed by atoms with Gasteiger partial charge in [0.2, 0.25) is 0 Å². The molecule has 0 spiro atoms. The number of ether oxygens (including phenoxy) is 1. The summed E-state index contributed by atoms with van der Waals surface area (Å²) in [7, 11) is 3.50. The molecule has 1 aromatic rings. The summed E-state index contributed by atoms with van der Waals surface area (Å²) in [6.45, 7) is 5.72. The van der Waals surface area contributed by atoms with E-state index in [4.69, 9.17) is 4.74 Å². The number of aliphatic imine (C=N–C) groups is 1. The smallest absolute Gasteiger partial charge is 0.191 e. The van der Waals surface area contributed by atoms with E-state index in [1.54, 1.807) is 14.2 Å². The van der Waals surface area contributed by atoms with Gasteiger partial charge in [0, 0.05) is 26.7 Å². The number of hydrogen-bond donors (Lipinski definition) is 2. The van der Waals surface area contributed by atoms with Gasteiger partial charge in [-0.1, -0.05) is 31.2 Å². The second-order valence-electron chi connectivity index (χ2n) is 4.63. The molecule has 4 nitrogen and oxygen atoms in total. The van der Waals surface area contributed by atoms with Gasteiger partial charge in [0.25, 0.3) is 0 Å². The Hall–Kier alpha value is -0.820. The molecular weight excluding hydrogens is 365 g/mol. The maximum atomic E-state index is 5.09. The lowest BCUT2D eigenvalue weighted by atomic mass is 10.1. The Balaban J connectivity index is 0.00000361. The van der Waals surface area contributed by atoms with Gasteiger partial charge >= 0.3 is 0 Å². The molecule has 20 heavy (non-hydrogen) atoms. The minimum Gasteiger partial charge on any atom is -0.380 e. The summed E-state index contributed by atoms with van der Waals surface area (Å²) in [4.78, 5) is 4.21. The minimum absolute atomic E-state index is 0. The molecule has 0 radical (unpaired) electrons. The average molecular weight is 391 g/mol. The number of benzene rings is 1. The fourth-order valence-electron chi connectivity index (χ4n) is 1.64. The lowest BCUT2D eigenvalue weighted by molar-refractivity contribution is 0.185. The molecule has 2 N–H and O–H groups in total. The van der Waals surface area contributed by atoms with E-state index < -0.39 is 0 Å². The molecule has 0 aliphatic rings. The van der Waals surface area contributed by atoms with Crippen LogP contribution in [0.15, 0.2) is 29.3 Å². The second kappa shape index (κ2) is 10.9. The first-order valence-corrected chi connectivity index (χ1v) is 6.73. The van der Waals surface area contributed by atoms with Gasteiger partial charge in [-0.05, 0) is 24.5 Å². The quantitative estimate of drug-likeness (QED) is 0.445. The predicted octanol–water partition coefficient (Wildman–Crippen LogP) is 2.91. The molecule has 1 atom stereocenters. The molecule has 1 rings (SSSR count). The van der Waals surface area contributed by atoms with Crippen LogP contribution in [-0.2, 0) is 17.9 Å². The lowest BCUT2D eigenvalue weighted by Crippen LogP contribution is -2.41. The molecular formula is C15H26IN3O. The molecule has 1 unspecified atom stereocenters. The van der Waals surface area contributed by atoms with E-state index in [1.807, 2.05) is 0 Å². The van der Waals surface area contributed by atoms with Crippen molar-refractivity contribution in [1.29, 1.82) is 0 Å². The van der Waals surface area contributed by atoms with E-state index in [0.29, 0.717) is 12.6 Å². The van der Waals surface area contributed by atoms with Gasteiger partial charge < -0.3 is 15.4 Å². The number of rotatable bonds is 6. The third kappa shape index (κ3) is 7.09. The Kier molecular flexibility index (Phi) is 10.5. The summed E-state index contributed by atoms with van der Waals surface area (Å²) >= 11 is 0.